The number of para-hydroxylation sites is 2. The quantitative estimate of drug-likeness (QED) is 0.909. The molecule has 0 bridgehead atoms. The molecule has 3 heteroatoms. The third-order valence-electron chi connectivity index (χ3n) is 4.32. The van der Waals surface area contributed by atoms with Crippen LogP contribution in [0.4, 0.5) is 0 Å². The van der Waals surface area contributed by atoms with Gasteiger partial charge in [0.1, 0.15) is 5.82 Å². The number of hydrogen-bond donors (Lipinski definition) is 1. The number of imidazole rings is 1. The Morgan fingerprint density at radius 3 is 2.84 bits per heavy atom. The van der Waals surface area contributed by atoms with Crippen LogP contribution in [0.2, 0.25) is 0 Å². The molecule has 1 aliphatic heterocycles. The summed E-state index contributed by atoms with van der Waals surface area (Å²) in [5.41, 5.74) is 2.50. The Morgan fingerprint density at radius 1 is 1.32 bits per heavy atom. The highest BCUT2D eigenvalue weighted by Gasteiger charge is 2.38. The highest BCUT2D eigenvalue weighted by atomic mass is 15.2. The number of nitrogens with zero attached hydrogens (tertiary/aromatic N) is 2. The maximum atomic E-state index is 4.96. The maximum absolute atomic E-state index is 4.96. The SMILES string of the molecule is CCCC1(c2nc3ccccc3n2CC)CCCN1. The number of rotatable bonds is 4. The van der Waals surface area contributed by atoms with Gasteiger partial charge in [-0.2, -0.15) is 0 Å². The van der Waals surface area contributed by atoms with Crippen LogP contribution in [0.15, 0.2) is 24.3 Å². The van der Waals surface area contributed by atoms with Gasteiger partial charge in [0.2, 0.25) is 0 Å². The van der Waals surface area contributed by atoms with E-state index in [1.165, 1.54) is 37.0 Å². The molecule has 3 nitrogen and oxygen atoms in total. The lowest BCUT2D eigenvalue weighted by atomic mass is 9.91. The average molecular weight is 257 g/mol. The van der Waals surface area contributed by atoms with Crippen molar-refractivity contribution in [3.63, 3.8) is 0 Å². The van der Waals surface area contributed by atoms with E-state index >= 15 is 0 Å². The smallest absolute Gasteiger partial charge is 0.130 e. The van der Waals surface area contributed by atoms with Crippen LogP contribution in [-0.2, 0) is 12.1 Å². The van der Waals surface area contributed by atoms with Gasteiger partial charge in [-0.1, -0.05) is 25.5 Å². The second kappa shape index (κ2) is 4.97. The zero-order valence-electron chi connectivity index (χ0n) is 11.9. The molecule has 1 atom stereocenters. The second-order valence-electron chi connectivity index (χ2n) is 5.53. The monoisotopic (exact) mass is 257 g/mol. The van der Waals surface area contributed by atoms with Crippen molar-refractivity contribution in [1.82, 2.24) is 14.9 Å². The predicted molar refractivity (Wildman–Crippen MR) is 79.2 cm³/mol. The first-order valence-electron chi connectivity index (χ1n) is 7.51. The molecule has 102 valence electrons. The van der Waals surface area contributed by atoms with Gasteiger partial charge in [-0.25, -0.2) is 4.98 Å². The summed E-state index contributed by atoms with van der Waals surface area (Å²) in [4.78, 5) is 4.96. The fourth-order valence-corrected chi connectivity index (χ4v) is 3.51. The standard InChI is InChI=1S/C16H23N3/c1-3-10-16(11-7-12-17-16)15-18-13-8-5-6-9-14(13)19(15)4-2/h5-6,8-9,17H,3-4,7,10-12H2,1-2H3. The molecule has 1 saturated heterocycles. The molecule has 19 heavy (non-hydrogen) atoms. The molecule has 1 aliphatic rings. The van der Waals surface area contributed by atoms with E-state index in [2.05, 4.69) is 48.0 Å². The molecule has 1 N–H and O–H groups in total. The van der Waals surface area contributed by atoms with Gasteiger partial charge in [0, 0.05) is 6.54 Å². The Kier molecular flexibility index (Phi) is 3.31. The third kappa shape index (κ3) is 1.96. The number of aryl methyl sites for hydroxylation is 1. The molecule has 0 aliphatic carbocycles. The Bertz CT molecular complexity index is 564. The van der Waals surface area contributed by atoms with Crippen LogP contribution in [-0.4, -0.2) is 16.1 Å². The molecule has 0 radical (unpaired) electrons. The van der Waals surface area contributed by atoms with Gasteiger partial charge >= 0.3 is 0 Å². The summed E-state index contributed by atoms with van der Waals surface area (Å²) >= 11 is 0. The average Bonchev–Trinajstić information content (AvgIpc) is 3.03. The summed E-state index contributed by atoms with van der Waals surface area (Å²) in [5.74, 6) is 1.25. The fourth-order valence-electron chi connectivity index (χ4n) is 3.51. The molecular formula is C16H23N3. The van der Waals surface area contributed by atoms with Crippen molar-refractivity contribution >= 4 is 11.0 Å². The number of fused-ring (bicyclic) bond motifs is 1. The molecule has 1 unspecified atom stereocenters. The van der Waals surface area contributed by atoms with E-state index in [9.17, 15) is 0 Å². The lowest BCUT2D eigenvalue weighted by Crippen LogP contribution is -2.39. The number of nitrogens with one attached hydrogen (secondary N) is 1. The Morgan fingerprint density at radius 2 is 2.16 bits per heavy atom. The summed E-state index contributed by atoms with van der Waals surface area (Å²) in [5, 5.41) is 3.74. The third-order valence-corrected chi connectivity index (χ3v) is 4.32. The predicted octanol–water partition coefficient (Wildman–Crippen LogP) is 3.44. The number of hydrogen-bond acceptors (Lipinski definition) is 2. The van der Waals surface area contributed by atoms with Crippen molar-refractivity contribution in [2.45, 2.75) is 51.6 Å². The lowest BCUT2D eigenvalue weighted by molar-refractivity contribution is 0.324. The van der Waals surface area contributed by atoms with E-state index in [0.717, 1.165) is 18.6 Å². The van der Waals surface area contributed by atoms with E-state index in [-0.39, 0.29) is 5.54 Å². The van der Waals surface area contributed by atoms with Crippen molar-refractivity contribution in [3.8, 4) is 0 Å². The molecule has 2 aromatic rings. The van der Waals surface area contributed by atoms with Crippen LogP contribution in [0.1, 0.15) is 45.4 Å². The van der Waals surface area contributed by atoms with Gasteiger partial charge in [-0.05, 0) is 44.9 Å². The summed E-state index contributed by atoms with van der Waals surface area (Å²) < 4.78 is 2.39. The van der Waals surface area contributed by atoms with Gasteiger partial charge in [-0.3, -0.25) is 0 Å². The van der Waals surface area contributed by atoms with Gasteiger partial charge in [0.25, 0.3) is 0 Å². The van der Waals surface area contributed by atoms with Gasteiger partial charge in [0.05, 0.1) is 16.6 Å². The van der Waals surface area contributed by atoms with Crippen molar-refractivity contribution in [2.75, 3.05) is 6.54 Å². The minimum Gasteiger partial charge on any atom is -0.327 e. The van der Waals surface area contributed by atoms with Crippen LogP contribution < -0.4 is 5.32 Å². The molecule has 0 amide bonds. The lowest BCUT2D eigenvalue weighted by Gasteiger charge is -2.29. The summed E-state index contributed by atoms with van der Waals surface area (Å²) in [7, 11) is 0. The first-order chi connectivity index (χ1) is 9.30. The Hall–Kier alpha value is -1.35. The first kappa shape index (κ1) is 12.7. The van der Waals surface area contributed by atoms with E-state index in [4.69, 9.17) is 4.98 Å². The van der Waals surface area contributed by atoms with Crippen LogP contribution in [0.5, 0.6) is 0 Å². The Balaban J connectivity index is 2.17. The Labute approximate surface area is 115 Å². The van der Waals surface area contributed by atoms with Crippen LogP contribution in [0.3, 0.4) is 0 Å². The summed E-state index contributed by atoms with van der Waals surface area (Å²) in [6.07, 6.45) is 4.84. The van der Waals surface area contributed by atoms with Crippen LogP contribution in [0.25, 0.3) is 11.0 Å². The van der Waals surface area contributed by atoms with Gasteiger partial charge in [0.15, 0.2) is 0 Å². The maximum Gasteiger partial charge on any atom is 0.130 e. The summed E-state index contributed by atoms with van der Waals surface area (Å²) in [6.45, 7) is 6.59. The largest absolute Gasteiger partial charge is 0.327 e. The minimum absolute atomic E-state index is 0.101. The highest BCUT2D eigenvalue weighted by Crippen LogP contribution is 2.36. The molecule has 1 aromatic carbocycles. The molecule has 2 heterocycles. The molecule has 0 spiro atoms. The molecule has 1 aromatic heterocycles. The summed E-state index contributed by atoms with van der Waals surface area (Å²) in [6, 6.07) is 8.49. The minimum atomic E-state index is 0.101. The van der Waals surface area contributed by atoms with Gasteiger partial charge in [-0.15, -0.1) is 0 Å². The van der Waals surface area contributed by atoms with E-state index in [1.54, 1.807) is 0 Å². The number of benzene rings is 1. The topological polar surface area (TPSA) is 29.9 Å². The molecular weight excluding hydrogens is 234 g/mol. The number of aromatic nitrogens is 2. The zero-order chi connectivity index (χ0) is 13.3. The first-order valence-corrected chi connectivity index (χ1v) is 7.51. The van der Waals surface area contributed by atoms with Crippen molar-refractivity contribution < 1.29 is 0 Å². The van der Waals surface area contributed by atoms with Crippen molar-refractivity contribution in [1.29, 1.82) is 0 Å². The van der Waals surface area contributed by atoms with Crippen molar-refractivity contribution in [3.05, 3.63) is 30.1 Å². The van der Waals surface area contributed by atoms with Crippen molar-refractivity contribution in [2.24, 2.45) is 0 Å². The molecule has 3 rings (SSSR count). The molecule has 0 saturated carbocycles. The fraction of sp³-hybridized carbons (Fsp3) is 0.562. The van der Waals surface area contributed by atoms with Crippen LogP contribution in [0, 0.1) is 0 Å². The van der Waals surface area contributed by atoms with Crippen LogP contribution >= 0.6 is 0 Å². The van der Waals surface area contributed by atoms with E-state index in [1.807, 2.05) is 0 Å². The molecule has 1 fully saturated rings. The van der Waals surface area contributed by atoms with E-state index in [0.29, 0.717) is 0 Å². The normalized spacial score (nSPS) is 23.3. The van der Waals surface area contributed by atoms with Gasteiger partial charge < -0.3 is 9.88 Å². The van der Waals surface area contributed by atoms with E-state index < -0.39 is 0 Å². The zero-order valence-corrected chi connectivity index (χ0v) is 11.9. The highest BCUT2D eigenvalue weighted by molar-refractivity contribution is 5.76. The second-order valence-corrected chi connectivity index (χ2v) is 5.53.